The van der Waals surface area contributed by atoms with Crippen molar-refractivity contribution < 1.29 is 9.53 Å². The second-order valence-electron chi connectivity index (χ2n) is 7.59. The van der Waals surface area contributed by atoms with Crippen LogP contribution in [0.5, 0.6) is 0 Å². The Morgan fingerprint density at radius 1 is 1.48 bits per heavy atom. The summed E-state index contributed by atoms with van der Waals surface area (Å²) in [6.45, 7) is 8.08. The van der Waals surface area contributed by atoms with Gasteiger partial charge < -0.3 is 14.5 Å². The molecule has 0 aromatic heterocycles. The zero-order chi connectivity index (χ0) is 18.6. The molecule has 0 aliphatic carbocycles. The minimum atomic E-state index is -0.483. The fourth-order valence-corrected chi connectivity index (χ4v) is 3.26. The van der Waals surface area contributed by atoms with E-state index in [2.05, 4.69) is 11.0 Å². The van der Waals surface area contributed by atoms with Gasteiger partial charge in [-0.25, -0.2) is 4.79 Å². The van der Waals surface area contributed by atoms with Gasteiger partial charge in [-0.2, -0.15) is 5.26 Å². The van der Waals surface area contributed by atoms with Crippen molar-refractivity contribution in [1.82, 2.24) is 4.90 Å². The zero-order valence-electron chi connectivity index (χ0n) is 15.4. The minimum absolute atomic E-state index is 0.286. The van der Waals surface area contributed by atoms with Gasteiger partial charge in [0.25, 0.3) is 0 Å². The summed E-state index contributed by atoms with van der Waals surface area (Å²) in [5, 5.41) is 9.48. The lowest BCUT2D eigenvalue weighted by atomic mass is 9.97. The van der Waals surface area contributed by atoms with Crippen molar-refractivity contribution in [2.75, 3.05) is 31.6 Å². The first-order valence-electron chi connectivity index (χ1n) is 8.58. The van der Waals surface area contributed by atoms with Gasteiger partial charge in [0.15, 0.2) is 0 Å². The van der Waals surface area contributed by atoms with Gasteiger partial charge in [0.1, 0.15) is 11.7 Å². The third kappa shape index (κ3) is 5.54. The number of nitriles is 1. The minimum Gasteiger partial charge on any atom is -0.444 e. The van der Waals surface area contributed by atoms with Crippen LogP contribution in [-0.4, -0.2) is 43.3 Å². The number of benzene rings is 1. The van der Waals surface area contributed by atoms with Crippen molar-refractivity contribution in [2.45, 2.75) is 39.2 Å². The van der Waals surface area contributed by atoms with Gasteiger partial charge in [-0.05, 0) is 57.7 Å². The Labute approximate surface area is 155 Å². The van der Waals surface area contributed by atoms with Crippen LogP contribution in [0, 0.1) is 17.2 Å². The number of halogens is 1. The van der Waals surface area contributed by atoms with Crippen molar-refractivity contribution in [3.8, 4) is 6.07 Å². The predicted molar refractivity (Wildman–Crippen MR) is 100.0 cm³/mol. The predicted octanol–water partition coefficient (Wildman–Crippen LogP) is 4.29. The van der Waals surface area contributed by atoms with Gasteiger partial charge in [0.05, 0.1) is 10.6 Å². The van der Waals surface area contributed by atoms with Crippen LogP contribution >= 0.6 is 11.6 Å². The molecule has 1 aliphatic heterocycles. The summed E-state index contributed by atoms with van der Waals surface area (Å²) in [5.74, 6) is 0.376. The molecule has 6 heteroatoms. The van der Waals surface area contributed by atoms with Crippen LogP contribution < -0.4 is 4.90 Å². The lowest BCUT2D eigenvalue weighted by Crippen LogP contribution is -2.43. The molecule has 1 amide bonds. The van der Waals surface area contributed by atoms with Gasteiger partial charge in [0.2, 0.25) is 0 Å². The molecular formula is C19H26ClN3O2. The molecular weight excluding hydrogens is 338 g/mol. The molecule has 0 radical (unpaired) electrons. The van der Waals surface area contributed by atoms with Crippen LogP contribution in [0.4, 0.5) is 10.5 Å². The molecule has 5 nitrogen and oxygen atoms in total. The monoisotopic (exact) mass is 363 g/mol. The number of anilines is 1. The molecule has 0 N–H and O–H groups in total. The van der Waals surface area contributed by atoms with E-state index in [4.69, 9.17) is 21.6 Å². The molecule has 1 fully saturated rings. The summed E-state index contributed by atoms with van der Waals surface area (Å²) in [4.78, 5) is 16.1. The fourth-order valence-electron chi connectivity index (χ4n) is 3.04. The summed E-state index contributed by atoms with van der Waals surface area (Å²) < 4.78 is 5.42. The average Bonchev–Trinajstić information content (AvgIpc) is 2.53. The van der Waals surface area contributed by atoms with E-state index < -0.39 is 5.60 Å². The molecule has 1 heterocycles. The highest BCUT2D eigenvalue weighted by Crippen LogP contribution is 2.27. The molecule has 1 atom stereocenters. The number of piperidine rings is 1. The lowest BCUT2D eigenvalue weighted by Gasteiger charge is -2.36. The Kier molecular flexibility index (Phi) is 6.18. The Hall–Kier alpha value is -1.93. The highest BCUT2D eigenvalue weighted by atomic mass is 35.5. The van der Waals surface area contributed by atoms with Gasteiger partial charge in [-0.15, -0.1) is 0 Å². The Morgan fingerprint density at radius 2 is 2.20 bits per heavy atom. The molecule has 1 unspecified atom stereocenters. The highest BCUT2D eigenvalue weighted by molar-refractivity contribution is 6.32. The Bertz CT molecular complexity index is 664. The van der Waals surface area contributed by atoms with E-state index in [1.165, 1.54) is 0 Å². The standard InChI is InChI=1S/C19H26ClN3O2/c1-19(2,3)25-18(24)22(4)12-14-6-5-9-23(13-14)16-8-7-15(11-21)17(20)10-16/h7-8,10,14H,5-6,9,12-13H2,1-4H3. The largest absolute Gasteiger partial charge is 0.444 e. The summed E-state index contributed by atoms with van der Waals surface area (Å²) in [5.41, 5.74) is 1.03. The van der Waals surface area contributed by atoms with Gasteiger partial charge >= 0.3 is 6.09 Å². The second-order valence-corrected chi connectivity index (χ2v) is 8.00. The van der Waals surface area contributed by atoms with Gasteiger partial charge in [-0.3, -0.25) is 0 Å². The molecule has 1 aromatic rings. The van der Waals surface area contributed by atoms with Crippen LogP contribution in [0.1, 0.15) is 39.2 Å². The first kappa shape index (κ1) is 19.4. The number of hydrogen-bond donors (Lipinski definition) is 0. The van der Waals surface area contributed by atoms with Gasteiger partial charge in [0, 0.05) is 32.4 Å². The number of ether oxygens (including phenoxy) is 1. The number of carbonyl (C=O) groups excluding carboxylic acids is 1. The van der Waals surface area contributed by atoms with E-state index in [0.717, 1.165) is 31.6 Å². The quantitative estimate of drug-likeness (QED) is 0.803. The maximum atomic E-state index is 12.1. The second kappa shape index (κ2) is 7.97. The smallest absolute Gasteiger partial charge is 0.410 e. The van der Waals surface area contributed by atoms with Gasteiger partial charge in [-0.1, -0.05) is 11.6 Å². The maximum Gasteiger partial charge on any atom is 0.410 e. The first-order valence-corrected chi connectivity index (χ1v) is 8.96. The molecule has 1 aromatic carbocycles. The number of rotatable bonds is 3. The van der Waals surface area contributed by atoms with Crippen LogP contribution in [0.2, 0.25) is 5.02 Å². The Balaban J connectivity index is 1.98. The van der Waals surface area contributed by atoms with Crippen LogP contribution in [0.3, 0.4) is 0 Å². The highest BCUT2D eigenvalue weighted by Gasteiger charge is 2.25. The topological polar surface area (TPSA) is 56.6 Å². The summed E-state index contributed by atoms with van der Waals surface area (Å²) in [6, 6.07) is 7.62. The number of carbonyl (C=O) groups is 1. The van der Waals surface area contributed by atoms with E-state index in [1.807, 2.05) is 32.9 Å². The van der Waals surface area contributed by atoms with Crippen molar-refractivity contribution in [3.63, 3.8) is 0 Å². The average molecular weight is 364 g/mol. The van der Waals surface area contributed by atoms with Crippen LogP contribution in [-0.2, 0) is 4.74 Å². The zero-order valence-corrected chi connectivity index (χ0v) is 16.1. The van der Waals surface area contributed by atoms with E-state index in [1.54, 1.807) is 18.0 Å². The normalized spacial score (nSPS) is 17.8. The summed E-state index contributed by atoms with van der Waals surface area (Å²) in [7, 11) is 1.78. The van der Waals surface area contributed by atoms with Crippen molar-refractivity contribution >= 4 is 23.4 Å². The molecule has 25 heavy (non-hydrogen) atoms. The number of hydrogen-bond acceptors (Lipinski definition) is 4. The van der Waals surface area contributed by atoms with Crippen LogP contribution in [0.15, 0.2) is 18.2 Å². The van der Waals surface area contributed by atoms with Crippen molar-refractivity contribution in [1.29, 1.82) is 5.26 Å². The number of nitrogens with zero attached hydrogens (tertiary/aromatic N) is 3. The number of amides is 1. The summed E-state index contributed by atoms with van der Waals surface area (Å²) in [6.07, 6.45) is 1.85. The van der Waals surface area contributed by atoms with E-state index in [9.17, 15) is 4.79 Å². The molecule has 0 saturated carbocycles. The van der Waals surface area contributed by atoms with Crippen LogP contribution in [0.25, 0.3) is 0 Å². The molecule has 0 bridgehead atoms. The molecule has 1 saturated heterocycles. The lowest BCUT2D eigenvalue weighted by molar-refractivity contribution is 0.0269. The molecule has 136 valence electrons. The third-order valence-corrected chi connectivity index (χ3v) is 4.51. The van der Waals surface area contributed by atoms with E-state index in [0.29, 0.717) is 23.0 Å². The fraction of sp³-hybridized carbons (Fsp3) is 0.579. The van der Waals surface area contributed by atoms with Crippen molar-refractivity contribution in [2.24, 2.45) is 5.92 Å². The van der Waals surface area contributed by atoms with Crippen molar-refractivity contribution in [3.05, 3.63) is 28.8 Å². The van der Waals surface area contributed by atoms with E-state index >= 15 is 0 Å². The maximum absolute atomic E-state index is 12.1. The van der Waals surface area contributed by atoms with E-state index in [-0.39, 0.29) is 6.09 Å². The SMILES string of the molecule is CN(CC1CCCN(c2ccc(C#N)c(Cl)c2)C1)C(=O)OC(C)(C)C. The third-order valence-electron chi connectivity index (χ3n) is 4.19. The first-order chi connectivity index (χ1) is 11.7. The Morgan fingerprint density at radius 3 is 2.80 bits per heavy atom. The molecule has 2 rings (SSSR count). The molecule has 0 spiro atoms. The summed E-state index contributed by atoms with van der Waals surface area (Å²) >= 11 is 6.15. The molecule has 1 aliphatic rings.